The van der Waals surface area contributed by atoms with Gasteiger partial charge in [0.1, 0.15) is 6.07 Å². The Morgan fingerprint density at radius 3 is 2.37 bits per heavy atom. The lowest BCUT2D eigenvalue weighted by atomic mass is 10.2. The van der Waals surface area contributed by atoms with E-state index in [4.69, 9.17) is 5.26 Å². The molecule has 2 rings (SSSR count). The smallest absolute Gasteiger partial charge is 0.278 e. The summed E-state index contributed by atoms with van der Waals surface area (Å²) >= 11 is 0. The maximum Gasteiger partial charge on any atom is 0.278 e. The van der Waals surface area contributed by atoms with Crippen molar-refractivity contribution in [3.05, 3.63) is 55.1 Å². The van der Waals surface area contributed by atoms with Crippen LogP contribution in [0.2, 0.25) is 0 Å². The summed E-state index contributed by atoms with van der Waals surface area (Å²) in [6.45, 7) is 10.3. The number of sulfonamides is 1. The largest absolute Gasteiger partial charge is 0.330 e. The number of quaternary nitrogens is 1. The van der Waals surface area contributed by atoms with Crippen LogP contribution in [0.25, 0.3) is 0 Å². The number of nitrogens with zero attached hydrogens (tertiary/aromatic N) is 3. The van der Waals surface area contributed by atoms with Crippen LogP contribution in [0.15, 0.2) is 54.5 Å². The molecule has 27 heavy (non-hydrogen) atoms. The van der Waals surface area contributed by atoms with Crippen LogP contribution < -0.4 is 4.90 Å². The summed E-state index contributed by atoms with van der Waals surface area (Å²) in [6, 6.07) is 8.15. The Labute approximate surface area is 160 Å². The van der Waals surface area contributed by atoms with E-state index in [0.717, 1.165) is 4.90 Å². The molecule has 144 valence electrons. The molecule has 1 amide bonds. The summed E-state index contributed by atoms with van der Waals surface area (Å²) in [5, 5.41) is 9.17. The second kappa shape index (κ2) is 9.46. The van der Waals surface area contributed by atoms with Crippen molar-refractivity contribution in [2.75, 3.05) is 45.8 Å². The van der Waals surface area contributed by atoms with Gasteiger partial charge in [0, 0.05) is 13.1 Å². The number of nitriles is 1. The Bertz CT molecular complexity index is 827. The van der Waals surface area contributed by atoms with Crippen LogP contribution in [0.3, 0.4) is 0 Å². The lowest BCUT2D eigenvalue weighted by Crippen LogP contribution is -3.15. The maximum absolute atomic E-state index is 12.8. The molecule has 0 bridgehead atoms. The van der Waals surface area contributed by atoms with Gasteiger partial charge in [-0.05, 0) is 12.1 Å². The molecular formula is C19H25N4O3S+. The molecule has 0 aliphatic carbocycles. The lowest BCUT2D eigenvalue weighted by Gasteiger charge is -2.32. The SMILES string of the molecule is C=CCN(CC=C)C(=O)C[NH+]1CCN(S(=O)(=O)c2ccccc2C#N)CC1. The number of benzene rings is 1. The molecule has 1 aromatic carbocycles. The van der Waals surface area contributed by atoms with E-state index in [0.29, 0.717) is 45.8 Å². The summed E-state index contributed by atoms with van der Waals surface area (Å²) in [6.07, 6.45) is 3.35. The van der Waals surface area contributed by atoms with Gasteiger partial charge >= 0.3 is 0 Å². The second-order valence-electron chi connectivity index (χ2n) is 6.31. The fourth-order valence-corrected chi connectivity index (χ4v) is 4.64. The van der Waals surface area contributed by atoms with Gasteiger partial charge in [0.2, 0.25) is 10.0 Å². The van der Waals surface area contributed by atoms with E-state index in [1.54, 1.807) is 29.2 Å². The van der Waals surface area contributed by atoms with E-state index in [-0.39, 0.29) is 16.4 Å². The van der Waals surface area contributed by atoms with Crippen LogP contribution in [-0.2, 0) is 14.8 Å². The molecule has 7 nitrogen and oxygen atoms in total. The first kappa shape index (κ1) is 20.8. The van der Waals surface area contributed by atoms with Crippen molar-refractivity contribution in [2.24, 2.45) is 0 Å². The molecule has 1 fully saturated rings. The minimum atomic E-state index is -3.71. The highest BCUT2D eigenvalue weighted by atomic mass is 32.2. The highest BCUT2D eigenvalue weighted by Crippen LogP contribution is 2.19. The van der Waals surface area contributed by atoms with E-state index in [9.17, 15) is 13.2 Å². The molecule has 1 saturated heterocycles. The van der Waals surface area contributed by atoms with Crippen LogP contribution in [-0.4, -0.2) is 69.3 Å². The van der Waals surface area contributed by atoms with Crippen molar-refractivity contribution in [1.82, 2.24) is 9.21 Å². The highest BCUT2D eigenvalue weighted by molar-refractivity contribution is 7.89. The fourth-order valence-electron chi connectivity index (χ4n) is 3.06. The zero-order chi connectivity index (χ0) is 19.9. The van der Waals surface area contributed by atoms with Crippen molar-refractivity contribution in [3.8, 4) is 6.07 Å². The third kappa shape index (κ3) is 5.04. The molecule has 0 spiro atoms. The first-order valence-corrected chi connectivity index (χ1v) is 10.2. The normalized spacial score (nSPS) is 15.7. The number of carbonyl (C=O) groups excluding carboxylic acids is 1. The predicted molar refractivity (Wildman–Crippen MR) is 102 cm³/mol. The third-order valence-electron chi connectivity index (χ3n) is 4.51. The maximum atomic E-state index is 12.8. The number of carbonyl (C=O) groups is 1. The number of hydrogen-bond donors (Lipinski definition) is 1. The van der Waals surface area contributed by atoms with Gasteiger partial charge in [-0.2, -0.15) is 9.57 Å². The minimum Gasteiger partial charge on any atom is -0.330 e. The third-order valence-corrected chi connectivity index (χ3v) is 6.46. The molecule has 1 aliphatic rings. The molecular weight excluding hydrogens is 364 g/mol. The number of rotatable bonds is 8. The van der Waals surface area contributed by atoms with Gasteiger partial charge in [-0.1, -0.05) is 24.3 Å². The molecule has 0 saturated carbocycles. The molecule has 8 heteroatoms. The molecule has 0 radical (unpaired) electrons. The quantitative estimate of drug-likeness (QED) is 0.616. The van der Waals surface area contributed by atoms with Crippen LogP contribution in [0.5, 0.6) is 0 Å². The standard InChI is InChI=1S/C19H24N4O3S/c1-3-9-22(10-4-2)19(24)16-21-11-13-23(14-12-21)27(25,26)18-8-6-5-7-17(18)15-20/h3-8H,1-2,9-14,16H2/p+1. The highest BCUT2D eigenvalue weighted by Gasteiger charge is 2.32. The van der Waals surface area contributed by atoms with Crippen molar-refractivity contribution in [1.29, 1.82) is 5.26 Å². The van der Waals surface area contributed by atoms with E-state index in [1.807, 2.05) is 6.07 Å². The van der Waals surface area contributed by atoms with E-state index < -0.39 is 10.0 Å². The average Bonchev–Trinajstić information content (AvgIpc) is 2.68. The minimum absolute atomic E-state index is 0.00377. The van der Waals surface area contributed by atoms with Gasteiger partial charge < -0.3 is 9.80 Å². The van der Waals surface area contributed by atoms with Gasteiger partial charge in [-0.3, -0.25) is 4.79 Å². The zero-order valence-electron chi connectivity index (χ0n) is 15.3. The Kier molecular flexibility index (Phi) is 7.30. The van der Waals surface area contributed by atoms with Crippen LogP contribution >= 0.6 is 0 Å². The Morgan fingerprint density at radius 2 is 1.81 bits per heavy atom. The van der Waals surface area contributed by atoms with Crippen molar-refractivity contribution < 1.29 is 18.1 Å². The second-order valence-corrected chi connectivity index (χ2v) is 8.22. The number of nitrogens with one attached hydrogen (secondary N) is 1. The summed E-state index contributed by atoms with van der Waals surface area (Å²) in [7, 11) is -3.71. The summed E-state index contributed by atoms with van der Waals surface area (Å²) in [4.78, 5) is 15.2. The fraction of sp³-hybridized carbons (Fsp3) is 0.368. The topological polar surface area (TPSA) is 85.9 Å². The molecule has 0 aromatic heterocycles. The van der Waals surface area contributed by atoms with Gasteiger partial charge in [0.25, 0.3) is 5.91 Å². The predicted octanol–water partition coefficient (Wildman–Crippen LogP) is -0.352. The van der Waals surface area contributed by atoms with Crippen molar-refractivity contribution in [2.45, 2.75) is 4.90 Å². The van der Waals surface area contributed by atoms with Crippen molar-refractivity contribution in [3.63, 3.8) is 0 Å². The molecule has 0 unspecified atom stereocenters. The Morgan fingerprint density at radius 1 is 1.22 bits per heavy atom. The van der Waals surface area contributed by atoms with Crippen LogP contribution in [0.1, 0.15) is 5.56 Å². The first-order valence-electron chi connectivity index (χ1n) is 8.76. The van der Waals surface area contributed by atoms with E-state index in [2.05, 4.69) is 13.2 Å². The average molecular weight is 390 g/mol. The van der Waals surface area contributed by atoms with Crippen molar-refractivity contribution >= 4 is 15.9 Å². The van der Waals surface area contributed by atoms with Gasteiger partial charge in [-0.15, -0.1) is 13.2 Å². The first-order chi connectivity index (χ1) is 12.9. The monoisotopic (exact) mass is 389 g/mol. The van der Waals surface area contributed by atoms with E-state index in [1.165, 1.54) is 16.4 Å². The summed E-state index contributed by atoms with van der Waals surface area (Å²) in [5.41, 5.74) is 0.145. The zero-order valence-corrected chi connectivity index (χ0v) is 16.1. The van der Waals surface area contributed by atoms with Gasteiger partial charge in [0.15, 0.2) is 6.54 Å². The lowest BCUT2D eigenvalue weighted by molar-refractivity contribution is -0.896. The van der Waals surface area contributed by atoms with Crippen LogP contribution in [0.4, 0.5) is 0 Å². The number of hydrogen-bond acceptors (Lipinski definition) is 4. The van der Waals surface area contributed by atoms with Crippen LogP contribution in [0, 0.1) is 11.3 Å². The molecule has 1 N–H and O–H groups in total. The molecule has 0 atom stereocenters. The number of amides is 1. The van der Waals surface area contributed by atoms with Gasteiger partial charge in [0.05, 0.1) is 36.6 Å². The van der Waals surface area contributed by atoms with Gasteiger partial charge in [-0.25, -0.2) is 8.42 Å². The molecule has 1 aromatic rings. The molecule has 1 aliphatic heterocycles. The Hall–Kier alpha value is -2.47. The summed E-state index contributed by atoms with van der Waals surface area (Å²) < 4.78 is 27.1. The number of piperazine rings is 1. The van der Waals surface area contributed by atoms with E-state index >= 15 is 0 Å². The molecule has 1 heterocycles. The summed E-state index contributed by atoms with van der Waals surface area (Å²) in [5.74, 6) is -0.00377. The Balaban J connectivity index is 2.00.